The standard InChI is InChI=1S/C15H22O2/c1-12(2)6-4-7-13(3)10-14(16)11-15-8-5-9-17-15/h5-6,8-10,14,16H,4,7,11H2,1-3H3/b13-10-. The van der Waals surface area contributed by atoms with Crippen LogP contribution in [0.5, 0.6) is 0 Å². The van der Waals surface area contributed by atoms with Crippen molar-refractivity contribution in [3.8, 4) is 0 Å². The third-order valence-electron chi connectivity index (χ3n) is 2.56. The Morgan fingerprint density at radius 2 is 2.18 bits per heavy atom. The first-order valence-corrected chi connectivity index (χ1v) is 6.09. The minimum atomic E-state index is -0.451. The molecule has 0 fully saturated rings. The Morgan fingerprint density at radius 1 is 1.41 bits per heavy atom. The Balaban J connectivity index is 2.37. The molecule has 17 heavy (non-hydrogen) atoms. The SMILES string of the molecule is CC(C)=CCC/C(C)=C\C(O)Cc1ccco1. The van der Waals surface area contributed by atoms with Gasteiger partial charge in [0.1, 0.15) is 5.76 Å². The first-order chi connectivity index (χ1) is 8.08. The zero-order chi connectivity index (χ0) is 12.7. The lowest BCUT2D eigenvalue weighted by atomic mass is 10.1. The molecule has 2 heteroatoms. The van der Waals surface area contributed by atoms with Gasteiger partial charge in [-0.15, -0.1) is 0 Å². The molecule has 0 aromatic carbocycles. The first kappa shape index (κ1) is 13.8. The van der Waals surface area contributed by atoms with E-state index in [4.69, 9.17) is 4.42 Å². The highest BCUT2D eigenvalue weighted by atomic mass is 16.3. The Hall–Kier alpha value is -1.28. The van der Waals surface area contributed by atoms with Crippen molar-refractivity contribution in [3.05, 3.63) is 47.5 Å². The minimum Gasteiger partial charge on any atom is -0.469 e. The van der Waals surface area contributed by atoms with E-state index in [-0.39, 0.29) is 0 Å². The van der Waals surface area contributed by atoms with Crippen LogP contribution in [-0.4, -0.2) is 11.2 Å². The molecule has 0 spiro atoms. The van der Waals surface area contributed by atoms with Gasteiger partial charge < -0.3 is 9.52 Å². The third-order valence-corrected chi connectivity index (χ3v) is 2.56. The van der Waals surface area contributed by atoms with Crippen LogP contribution in [0.1, 0.15) is 39.4 Å². The first-order valence-electron chi connectivity index (χ1n) is 6.09. The number of aliphatic hydroxyl groups excluding tert-OH is 1. The van der Waals surface area contributed by atoms with E-state index in [9.17, 15) is 5.11 Å². The highest BCUT2D eigenvalue weighted by Gasteiger charge is 2.04. The molecule has 0 saturated heterocycles. The predicted octanol–water partition coefficient (Wildman–Crippen LogP) is 3.88. The summed E-state index contributed by atoms with van der Waals surface area (Å²) in [5.41, 5.74) is 2.57. The number of rotatable bonds is 6. The summed E-state index contributed by atoms with van der Waals surface area (Å²) in [4.78, 5) is 0. The topological polar surface area (TPSA) is 33.4 Å². The third kappa shape index (κ3) is 6.12. The number of hydrogen-bond donors (Lipinski definition) is 1. The van der Waals surface area contributed by atoms with Crippen LogP contribution in [0.4, 0.5) is 0 Å². The second-order valence-electron chi connectivity index (χ2n) is 4.68. The molecule has 0 radical (unpaired) electrons. The predicted molar refractivity (Wildman–Crippen MR) is 70.8 cm³/mol. The van der Waals surface area contributed by atoms with Gasteiger partial charge in [0.15, 0.2) is 0 Å². The van der Waals surface area contributed by atoms with Crippen molar-refractivity contribution in [2.75, 3.05) is 0 Å². The molecule has 0 aliphatic rings. The lowest BCUT2D eigenvalue weighted by Crippen LogP contribution is -2.06. The van der Waals surface area contributed by atoms with E-state index in [1.165, 1.54) is 11.1 Å². The van der Waals surface area contributed by atoms with Crippen LogP contribution in [0.2, 0.25) is 0 Å². The Kier molecular flexibility index (Phi) is 5.78. The van der Waals surface area contributed by atoms with Gasteiger partial charge in [0.25, 0.3) is 0 Å². The molecule has 1 unspecified atom stereocenters. The fourth-order valence-corrected chi connectivity index (χ4v) is 1.69. The molecule has 1 heterocycles. The van der Waals surface area contributed by atoms with Gasteiger partial charge >= 0.3 is 0 Å². The van der Waals surface area contributed by atoms with Crippen LogP contribution in [0, 0.1) is 0 Å². The maximum atomic E-state index is 9.85. The van der Waals surface area contributed by atoms with E-state index in [1.54, 1.807) is 6.26 Å². The van der Waals surface area contributed by atoms with Crippen molar-refractivity contribution < 1.29 is 9.52 Å². The minimum absolute atomic E-state index is 0.451. The maximum absolute atomic E-state index is 9.85. The van der Waals surface area contributed by atoms with Crippen molar-refractivity contribution in [1.82, 2.24) is 0 Å². The molecular weight excluding hydrogens is 212 g/mol. The lowest BCUT2D eigenvalue weighted by molar-refractivity contribution is 0.213. The van der Waals surface area contributed by atoms with Gasteiger partial charge in [-0.05, 0) is 45.7 Å². The van der Waals surface area contributed by atoms with E-state index in [2.05, 4.69) is 26.8 Å². The zero-order valence-corrected chi connectivity index (χ0v) is 10.9. The molecular formula is C15H22O2. The monoisotopic (exact) mass is 234 g/mol. The van der Waals surface area contributed by atoms with Gasteiger partial charge in [0.05, 0.1) is 12.4 Å². The summed E-state index contributed by atoms with van der Waals surface area (Å²) in [7, 11) is 0. The summed E-state index contributed by atoms with van der Waals surface area (Å²) in [6.07, 6.45) is 7.91. The Labute approximate surface area is 104 Å². The Bertz CT molecular complexity index is 368. The van der Waals surface area contributed by atoms with Gasteiger partial charge in [-0.25, -0.2) is 0 Å². The molecule has 0 saturated carbocycles. The normalized spacial score (nSPS) is 13.5. The highest BCUT2D eigenvalue weighted by Crippen LogP contribution is 2.11. The second-order valence-corrected chi connectivity index (χ2v) is 4.68. The van der Waals surface area contributed by atoms with Gasteiger partial charge in [-0.2, -0.15) is 0 Å². The van der Waals surface area contributed by atoms with Crippen molar-refractivity contribution in [1.29, 1.82) is 0 Å². The summed E-state index contributed by atoms with van der Waals surface area (Å²) >= 11 is 0. The van der Waals surface area contributed by atoms with Crippen LogP contribution in [-0.2, 0) is 6.42 Å². The maximum Gasteiger partial charge on any atom is 0.106 e. The summed E-state index contributed by atoms with van der Waals surface area (Å²) in [6, 6.07) is 3.73. The lowest BCUT2D eigenvalue weighted by Gasteiger charge is -2.05. The molecule has 1 atom stereocenters. The molecule has 1 aromatic rings. The number of aliphatic hydroxyl groups is 1. The number of allylic oxidation sites excluding steroid dienone is 3. The van der Waals surface area contributed by atoms with Crippen molar-refractivity contribution >= 4 is 0 Å². The molecule has 0 aliphatic heterocycles. The van der Waals surface area contributed by atoms with Crippen LogP contribution < -0.4 is 0 Å². The van der Waals surface area contributed by atoms with Crippen LogP contribution in [0.15, 0.2) is 46.1 Å². The summed E-state index contributed by atoms with van der Waals surface area (Å²) in [5.74, 6) is 0.825. The average molecular weight is 234 g/mol. The number of furan rings is 1. The molecule has 0 bridgehead atoms. The molecule has 1 rings (SSSR count). The molecule has 1 N–H and O–H groups in total. The number of hydrogen-bond acceptors (Lipinski definition) is 2. The highest BCUT2D eigenvalue weighted by molar-refractivity contribution is 5.08. The average Bonchev–Trinajstić information content (AvgIpc) is 2.69. The van der Waals surface area contributed by atoms with E-state index in [1.807, 2.05) is 18.2 Å². The molecule has 0 amide bonds. The second kappa shape index (κ2) is 7.13. The van der Waals surface area contributed by atoms with E-state index < -0.39 is 6.10 Å². The molecule has 2 nitrogen and oxygen atoms in total. The molecule has 0 aliphatic carbocycles. The van der Waals surface area contributed by atoms with E-state index >= 15 is 0 Å². The summed E-state index contributed by atoms with van der Waals surface area (Å²) in [5, 5.41) is 9.85. The quantitative estimate of drug-likeness (QED) is 0.758. The van der Waals surface area contributed by atoms with E-state index in [0.29, 0.717) is 6.42 Å². The van der Waals surface area contributed by atoms with Crippen LogP contribution >= 0.6 is 0 Å². The van der Waals surface area contributed by atoms with Crippen molar-refractivity contribution in [3.63, 3.8) is 0 Å². The smallest absolute Gasteiger partial charge is 0.106 e. The zero-order valence-electron chi connectivity index (χ0n) is 10.9. The Morgan fingerprint density at radius 3 is 2.76 bits per heavy atom. The van der Waals surface area contributed by atoms with E-state index in [0.717, 1.165) is 18.6 Å². The molecule has 1 aromatic heterocycles. The van der Waals surface area contributed by atoms with Crippen LogP contribution in [0.25, 0.3) is 0 Å². The fourth-order valence-electron chi connectivity index (χ4n) is 1.69. The van der Waals surface area contributed by atoms with Crippen molar-refractivity contribution in [2.45, 2.75) is 46.1 Å². The van der Waals surface area contributed by atoms with Crippen molar-refractivity contribution in [2.24, 2.45) is 0 Å². The largest absolute Gasteiger partial charge is 0.469 e. The summed E-state index contributed by atoms with van der Waals surface area (Å²) in [6.45, 7) is 6.26. The van der Waals surface area contributed by atoms with Gasteiger partial charge in [-0.1, -0.05) is 23.3 Å². The van der Waals surface area contributed by atoms with Crippen LogP contribution in [0.3, 0.4) is 0 Å². The van der Waals surface area contributed by atoms with Gasteiger partial charge in [-0.3, -0.25) is 0 Å². The summed E-state index contributed by atoms with van der Waals surface area (Å²) < 4.78 is 5.20. The van der Waals surface area contributed by atoms with Gasteiger partial charge in [0, 0.05) is 6.42 Å². The van der Waals surface area contributed by atoms with Gasteiger partial charge in [0.2, 0.25) is 0 Å². The fraction of sp³-hybridized carbons (Fsp3) is 0.467. The molecule has 94 valence electrons.